The Morgan fingerprint density at radius 3 is 0.880 bits per heavy atom. The summed E-state index contributed by atoms with van der Waals surface area (Å²) in [5.41, 5.74) is 8.00. The monoisotopic (exact) mass is 337 g/mol. The fraction of sp³-hybridized carbons (Fsp3) is 0.500. The van der Waals surface area contributed by atoms with Crippen LogP contribution in [-0.2, 0) is 0 Å². The zero-order valence-electron chi connectivity index (χ0n) is 17.3. The van der Waals surface area contributed by atoms with Gasteiger partial charge in [-0.2, -0.15) is 0 Å². The Bertz CT molecular complexity index is 594. The molecule has 0 atom stereocenters. The Morgan fingerprint density at radius 1 is 0.440 bits per heavy atom. The van der Waals surface area contributed by atoms with E-state index in [2.05, 4.69) is 97.1 Å². The van der Waals surface area contributed by atoms with Crippen molar-refractivity contribution in [2.24, 2.45) is 0 Å². The molecule has 25 heavy (non-hydrogen) atoms. The average Bonchev–Trinajstić information content (AvgIpc) is 2.53. The fourth-order valence-electron chi connectivity index (χ4n) is 3.00. The number of nitrogens with one attached hydrogen (secondary N) is 1. The van der Waals surface area contributed by atoms with Crippen molar-refractivity contribution >= 4 is 11.4 Å². The molecule has 0 amide bonds. The highest BCUT2D eigenvalue weighted by Gasteiger charge is 2.10. The molecule has 0 heterocycles. The van der Waals surface area contributed by atoms with Crippen molar-refractivity contribution in [2.45, 2.75) is 79.1 Å². The molecule has 0 spiro atoms. The first kappa shape index (κ1) is 19.6. The molecule has 0 saturated heterocycles. The highest BCUT2D eigenvalue weighted by atomic mass is 14.9. The molecule has 2 aromatic carbocycles. The number of hydrogen-bond donors (Lipinski definition) is 1. The lowest BCUT2D eigenvalue weighted by Gasteiger charge is -2.18. The van der Waals surface area contributed by atoms with Crippen LogP contribution in [0.2, 0.25) is 0 Å². The third-order valence-electron chi connectivity index (χ3n) is 4.91. The van der Waals surface area contributed by atoms with Crippen LogP contribution < -0.4 is 5.32 Å². The Kier molecular flexibility index (Phi) is 6.32. The van der Waals surface area contributed by atoms with E-state index in [-0.39, 0.29) is 0 Å². The summed E-state index contributed by atoms with van der Waals surface area (Å²) in [5.74, 6) is 2.14. The maximum atomic E-state index is 3.68. The normalized spacial score (nSPS) is 11.8. The molecule has 1 nitrogen and oxygen atoms in total. The lowest BCUT2D eigenvalue weighted by Crippen LogP contribution is -2.00. The van der Waals surface area contributed by atoms with Crippen LogP contribution in [0.25, 0.3) is 0 Å². The number of benzene rings is 2. The van der Waals surface area contributed by atoms with E-state index in [1.165, 1.54) is 33.6 Å². The summed E-state index contributed by atoms with van der Waals surface area (Å²) in [4.78, 5) is 0. The molecule has 0 aliphatic rings. The first-order valence-electron chi connectivity index (χ1n) is 9.74. The maximum Gasteiger partial charge on any atom is 0.0389 e. The van der Waals surface area contributed by atoms with Crippen LogP contribution >= 0.6 is 0 Å². The van der Waals surface area contributed by atoms with Crippen LogP contribution in [-0.4, -0.2) is 0 Å². The van der Waals surface area contributed by atoms with E-state index in [9.17, 15) is 0 Å². The number of rotatable bonds is 6. The summed E-state index contributed by atoms with van der Waals surface area (Å²) in [7, 11) is 0. The SMILES string of the molecule is CC(C)c1cc(Nc2cc(C(C)C)cc(C(C)C)c2)cc(C(C)C)c1. The van der Waals surface area contributed by atoms with Crippen LogP contribution in [0.1, 0.15) is 101 Å². The van der Waals surface area contributed by atoms with Crippen LogP contribution in [0.3, 0.4) is 0 Å². The van der Waals surface area contributed by atoms with Gasteiger partial charge >= 0.3 is 0 Å². The van der Waals surface area contributed by atoms with Gasteiger partial charge in [0, 0.05) is 11.4 Å². The van der Waals surface area contributed by atoms with Gasteiger partial charge in [0.15, 0.2) is 0 Å². The van der Waals surface area contributed by atoms with Crippen molar-refractivity contribution in [3.8, 4) is 0 Å². The Labute approximate surface area is 154 Å². The van der Waals surface area contributed by atoms with E-state index < -0.39 is 0 Å². The van der Waals surface area contributed by atoms with Crippen LogP contribution in [0.15, 0.2) is 36.4 Å². The molecule has 2 aromatic rings. The van der Waals surface area contributed by atoms with Gasteiger partial charge < -0.3 is 5.32 Å². The van der Waals surface area contributed by atoms with E-state index in [1.54, 1.807) is 0 Å². The summed E-state index contributed by atoms with van der Waals surface area (Å²) in [6.07, 6.45) is 0. The van der Waals surface area contributed by atoms with E-state index in [1.807, 2.05) is 0 Å². The molecular weight excluding hydrogens is 302 g/mol. The Hall–Kier alpha value is -1.76. The molecule has 0 aromatic heterocycles. The van der Waals surface area contributed by atoms with Gasteiger partial charge in [-0.25, -0.2) is 0 Å². The van der Waals surface area contributed by atoms with E-state index in [0.717, 1.165) is 0 Å². The van der Waals surface area contributed by atoms with Gasteiger partial charge in [0.1, 0.15) is 0 Å². The van der Waals surface area contributed by atoms with Crippen molar-refractivity contribution < 1.29 is 0 Å². The van der Waals surface area contributed by atoms with Gasteiger partial charge in [0.05, 0.1) is 0 Å². The van der Waals surface area contributed by atoms with Crippen molar-refractivity contribution in [1.29, 1.82) is 0 Å². The molecular formula is C24H35N. The van der Waals surface area contributed by atoms with Crippen molar-refractivity contribution in [2.75, 3.05) is 5.32 Å². The molecule has 0 bridgehead atoms. The van der Waals surface area contributed by atoms with Crippen molar-refractivity contribution in [1.82, 2.24) is 0 Å². The number of anilines is 2. The van der Waals surface area contributed by atoms with Crippen LogP contribution in [0, 0.1) is 0 Å². The molecule has 0 aliphatic carbocycles. The molecule has 0 saturated carbocycles. The second-order valence-corrected chi connectivity index (χ2v) is 8.52. The summed E-state index contributed by atoms with van der Waals surface area (Å²) < 4.78 is 0. The second kappa shape index (κ2) is 8.08. The zero-order valence-corrected chi connectivity index (χ0v) is 17.3. The smallest absolute Gasteiger partial charge is 0.0389 e. The van der Waals surface area contributed by atoms with Gasteiger partial charge in [-0.3, -0.25) is 0 Å². The molecule has 0 fully saturated rings. The first-order valence-corrected chi connectivity index (χ1v) is 9.74. The third-order valence-corrected chi connectivity index (χ3v) is 4.91. The maximum absolute atomic E-state index is 3.68. The quantitative estimate of drug-likeness (QED) is 0.564. The fourth-order valence-corrected chi connectivity index (χ4v) is 3.00. The standard InChI is InChI=1S/C24H35N/c1-15(2)19-9-20(16(3)4)12-23(11-19)25-24-13-21(17(5)6)10-22(14-24)18(7)8/h9-18,25H,1-8H3. The number of hydrogen-bond acceptors (Lipinski definition) is 1. The minimum Gasteiger partial charge on any atom is -0.355 e. The third kappa shape index (κ3) is 5.11. The summed E-state index contributed by atoms with van der Waals surface area (Å²) in [6.45, 7) is 18.1. The predicted octanol–water partition coefficient (Wildman–Crippen LogP) is 7.92. The molecule has 0 aliphatic heterocycles. The summed E-state index contributed by atoms with van der Waals surface area (Å²) in [6, 6.07) is 13.9. The summed E-state index contributed by atoms with van der Waals surface area (Å²) in [5, 5.41) is 3.68. The van der Waals surface area contributed by atoms with Gasteiger partial charge in [-0.1, -0.05) is 67.5 Å². The first-order chi connectivity index (χ1) is 11.7. The minimum atomic E-state index is 0.535. The molecule has 2 rings (SSSR count). The van der Waals surface area contributed by atoms with E-state index in [0.29, 0.717) is 23.7 Å². The van der Waals surface area contributed by atoms with Crippen molar-refractivity contribution in [3.05, 3.63) is 58.7 Å². The Morgan fingerprint density at radius 2 is 0.680 bits per heavy atom. The largest absolute Gasteiger partial charge is 0.355 e. The molecule has 0 radical (unpaired) electrons. The van der Waals surface area contributed by atoms with Gasteiger partial charge in [-0.15, -0.1) is 0 Å². The zero-order chi connectivity index (χ0) is 18.7. The van der Waals surface area contributed by atoms with Gasteiger partial charge in [0.2, 0.25) is 0 Å². The minimum absolute atomic E-state index is 0.535. The molecule has 0 unspecified atom stereocenters. The highest BCUT2D eigenvalue weighted by Crippen LogP contribution is 2.31. The average molecular weight is 338 g/mol. The van der Waals surface area contributed by atoms with Crippen molar-refractivity contribution in [3.63, 3.8) is 0 Å². The van der Waals surface area contributed by atoms with Gasteiger partial charge in [0.25, 0.3) is 0 Å². The van der Waals surface area contributed by atoms with E-state index >= 15 is 0 Å². The Balaban J connectivity index is 2.44. The molecule has 1 heteroatoms. The lowest BCUT2D eigenvalue weighted by atomic mass is 9.93. The molecule has 1 N–H and O–H groups in total. The lowest BCUT2D eigenvalue weighted by molar-refractivity contribution is 0.833. The molecule has 136 valence electrons. The topological polar surface area (TPSA) is 12.0 Å². The van der Waals surface area contributed by atoms with E-state index in [4.69, 9.17) is 0 Å². The summed E-state index contributed by atoms with van der Waals surface area (Å²) >= 11 is 0. The highest BCUT2D eigenvalue weighted by molar-refractivity contribution is 5.64. The van der Waals surface area contributed by atoms with Gasteiger partial charge in [-0.05, 0) is 70.2 Å². The van der Waals surface area contributed by atoms with Crippen LogP contribution in [0.5, 0.6) is 0 Å². The second-order valence-electron chi connectivity index (χ2n) is 8.52. The van der Waals surface area contributed by atoms with Crippen LogP contribution in [0.4, 0.5) is 11.4 Å². The predicted molar refractivity (Wildman–Crippen MR) is 113 cm³/mol.